The molecule has 1 N–H and O–H groups in total. The summed E-state index contributed by atoms with van der Waals surface area (Å²) in [6.07, 6.45) is 1.60. The number of carbonyl (C=O) groups excluding carboxylic acids is 2. The number of ether oxygens (including phenoxy) is 1. The van der Waals surface area contributed by atoms with Crippen LogP contribution < -0.4 is 5.32 Å². The number of carbonyl (C=O) groups is 2. The number of likely N-dealkylation sites (N-methyl/N-ethyl adjacent to an activating group) is 1. The zero-order valence-electron chi connectivity index (χ0n) is 12.0. The van der Waals surface area contributed by atoms with Crippen LogP contribution in [0.25, 0.3) is 0 Å². The minimum atomic E-state index is -1.01. The molecule has 1 aliphatic rings. The van der Waals surface area contributed by atoms with Crippen LogP contribution in [0.2, 0.25) is 0 Å². The Kier molecular flexibility index (Phi) is 4.04. The predicted octanol–water partition coefficient (Wildman–Crippen LogP) is 0.367. The van der Waals surface area contributed by atoms with E-state index in [0.717, 1.165) is 5.56 Å². The van der Waals surface area contributed by atoms with Crippen LogP contribution >= 0.6 is 0 Å². The summed E-state index contributed by atoms with van der Waals surface area (Å²) in [7, 11) is 1.56. The average molecular weight is 277 g/mol. The van der Waals surface area contributed by atoms with E-state index in [1.165, 1.54) is 0 Å². The summed E-state index contributed by atoms with van der Waals surface area (Å²) in [6.45, 7) is 4.56. The monoisotopic (exact) mass is 277 g/mol. The first-order valence-corrected chi connectivity index (χ1v) is 6.55. The standard InChI is InChI=1S/C14H19N3O3/c1-10-5-4-6-16-11(10)12(18)17-7-8-20-14(2,9-17)13(19)15-3/h4-6H,7-9H2,1-3H3,(H,15,19)/t14-/m0/s1. The van der Waals surface area contributed by atoms with Crippen LogP contribution in [0.5, 0.6) is 0 Å². The Morgan fingerprint density at radius 2 is 2.25 bits per heavy atom. The predicted molar refractivity (Wildman–Crippen MR) is 73.3 cm³/mol. The maximum atomic E-state index is 12.5. The second kappa shape index (κ2) is 5.58. The van der Waals surface area contributed by atoms with Crippen molar-refractivity contribution >= 4 is 11.8 Å². The minimum absolute atomic E-state index is 0.165. The van der Waals surface area contributed by atoms with Crippen LogP contribution in [-0.2, 0) is 9.53 Å². The van der Waals surface area contributed by atoms with Gasteiger partial charge in [-0.2, -0.15) is 0 Å². The Morgan fingerprint density at radius 1 is 1.50 bits per heavy atom. The van der Waals surface area contributed by atoms with Gasteiger partial charge in [0.05, 0.1) is 13.2 Å². The Bertz CT molecular complexity index is 532. The van der Waals surface area contributed by atoms with E-state index >= 15 is 0 Å². The number of rotatable bonds is 2. The average Bonchev–Trinajstić information content (AvgIpc) is 2.46. The van der Waals surface area contributed by atoms with Gasteiger partial charge in [-0.3, -0.25) is 14.6 Å². The van der Waals surface area contributed by atoms with Gasteiger partial charge in [0.2, 0.25) is 0 Å². The Hall–Kier alpha value is -1.95. The van der Waals surface area contributed by atoms with E-state index in [0.29, 0.717) is 18.8 Å². The molecule has 1 fully saturated rings. The van der Waals surface area contributed by atoms with Crippen LogP contribution in [0.3, 0.4) is 0 Å². The number of hydrogen-bond donors (Lipinski definition) is 1. The molecule has 0 radical (unpaired) electrons. The van der Waals surface area contributed by atoms with E-state index in [4.69, 9.17) is 4.74 Å². The fourth-order valence-electron chi connectivity index (χ4n) is 2.30. The number of aryl methyl sites for hydroxylation is 1. The number of nitrogens with one attached hydrogen (secondary N) is 1. The summed E-state index contributed by atoms with van der Waals surface area (Å²) < 4.78 is 5.54. The lowest BCUT2D eigenvalue weighted by molar-refractivity contribution is -0.153. The Morgan fingerprint density at radius 3 is 2.90 bits per heavy atom. The number of nitrogens with zero attached hydrogens (tertiary/aromatic N) is 2. The van der Waals surface area contributed by atoms with Crippen molar-refractivity contribution in [3.05, 3.63) is 29.6 Å². The molecular formula is C14H19N3O3. The van der Waals surface area contributed by atoms with Crippen molar-refractivity contribution in [2.24, 2.45) is 0 Å². The molecule has 108 valence electrons. The van der Waals surface area contributed by atoms with E-state index in [1.54, 1.807) is 31.1 Å². The smallest absolute Gasteiger partial charge is 0.272 e. The van der Waals surface area contributed by atoms with E-state index < -0.39 is 5.60 Å². The molecule has 0 bridgehead atoms. The van der Waals surface area contributed by atoms with Crippen LogP contribution in [0, 0.1) is 6.92 Å². The molecule has 1 atom stereocenters. The van der Waals surface area contributed by atoms with Gasteiger partial charge in [0.15, 0.2) is 5.60 Å². The van der Waals surface area contributed by atoms with Crippen LogP contribution in [0.1, 0.15) is 23.0 Å². The van der Waals surface area contributed by atoms with Gasteiger partial charge in [-0.05, 0) is 25.5 Å². The van der Waals surface area contributed by atoms with Crippen molar-refractivity contribution in [1.29, 1.82) is 0 Å². The molecule has 2 rings (SSSR count). The lowest BCUT2D eigenvalue weighted by Crippen LogP contribution is -2.59. The molecule has 1 saturated heterocycles. The number of hydrogen-bond acceptors (Lipinski definition) is 4. The van der Waals surface area contributed by atoms with Crippen molar-refractivity contribution in [2.45, 2.75) is 19.4 Å². The van der Waals surface area contributed by atoms with Crippen LogP contribution in [0.4, 0.5) is 0 Å². The van der Waals surface area contributed by atoms with Crippen LogP contribution in [0.15, 0.2) is 18.3 Å². The quantitative estimate of drug-likeness (QED) is 0.847. The molecule has 2 amide bonds. The fourth-order valence-corrected chi connectivity index (χ4v) is 2.30. The highest BCUT2D eigenvalue weighted by Crippen LogP contribution is 2.20. The lowest BCUT2D eigenvalue weighted by Gasteiger charge is -2.38. The first kappa shape index (κ1) is 14.5. The third-order valence-corrected chi connectivity index (χ3v) is 3.48. The number of pyridine rings is 1. The fraction of sp³-hybridized carbons (Fsp3) is 0.500. The Labute approximate surface area is 118 Å². The second-order valence-corrected chi connectivity index (χ2v) is 5.05. The summed E-state index contributed by atoms with van der Waals surface area (Å²) in [5, 5.41) is 2.57. The van der Waals surface area contributed by atoms with E-state index in [2.05, 4.69) is 10.3 Å². The highest BCUT2D eigenvalue weighted by Gasteiger charge is 2.40. The number of amides is 2. The maximum Gasteiger partial charge on any atom is 0.272 e. The van der Waals surface area contributed by atoms with E-state index in [9.17, 15) is 9.59 Å². The van der Waals surface area contributed by atoms with E-state index in [1.807, 2.05) is 13.0 Å². The molecule has 0 aliphatic carbocycles. The molecule has 20 heavy (non-hydrogen) atoms. The van der Waals surface area contributed by atoms with Gasteiger partial charge in [0, 0.05) is 19.8 Å². The molecule has 1 aromatic rings. The van der Waals surface area contributed by atoms with Crippen molar-refractivity contribution in [3.8, 4) is 0 Å². The first-order valence-electron chi connectivity index (χ1n) is 6.55. The molecule has 0 spiro atoms. The zero-order valence-corrected chi connectivity index (χ0v) is 12.0. The van der Waals surface area contributed by atoms with Crippen molar-refractivity contribution in [1.82, 2.24) is 15.2 Å². The van der Waals surface area contributed by atoms with Crippen molar-refractivity contribution < 1.29 is 14.3 Å². The van der Waals surface area contributed by atoms with Crippen LogP contribution in [-0.4, -0.2) is 54.0 Å². The lowest BCUT2D eigenvalue weighted by atomic mass is 10.0. The summed E-state index contributed by atoms with van der Waals surface area (Å²) in [4.78, 5) is 30.1. The third kappa shape index (κ3) is 2.65. The highest BCUT2D eigenvalue weighted by atomic mass is 16.5. The van der Waals surface area contributed by atoms with Crippen molar-refractivity contribution in [2.75, 3.05) is 26.7 Å². The van der Waals surface area contributed by atoms with Gasteiger partial charge in [-0.25, -0.2) is 0 Å². The molecule has 6 heteroatoms. The van der Waals surface area contributed by atoms with Gasteiger partial charge >= 0.3 is 0 Å². The zero-order chi connectivity index (χ0) is 14.8. The molecule has 0 aromatic carbocycles. The summed E-state index contributed by atoms with van der Waals surface area (Å²) in [5.74, 6) is -0.394. The van der Waals surface area contributed by atoms with Crippen molar-refractivity contribution in [3.63, 3.8) is 0 Å². The SMILES string of the molecule is CNC(=O)[C@]1(C)CN(C(=O)c2ncccc2C)CCO1. The van der Waals surface area contributed by atoms with Gasteiger partial charge in [-0.1, -0.05) is 6.07 Å². The minimum Gasteiger partial charge on any atom is -0.362 e. The summed E-state index contributed by atoms with van der Waals surface area (Å²) >= 11 is 0. The maximum absolute atomic E-state index is 12.5. The largest absolute Gasteiger partial charge is 0.362 e. The molecule has 2 heterocycles. The third-order valence-electron chi connectivity index (χ3n) is 3.48. The number of aromatic nitrogens is 1. The molecule has 0 saturated carbocycles. The van der Waals surface area contributed by atoms with Gasteiger partial charge < -0.3 is 15.0 Å². The van der Waals surface area contributed by atoms with Gasteiger partial charge in [0.1, 0.15) is 5.69 Å². The highest BCUT2D eigenvalue weighted by molar-refractivity contribution is 5.94. The first-order chi connectivity index (χ1) is 9.48. The number of morpholine rings is 1. The van der Waals surface area contributed by atoms with E-state index in [-0.39, 0.29) is 18.4 Å². The summed E-state index contributed by atoms with van der Waals surface area (Å²) in [5.41, 5.74) is 0.241. The normalized spacial score (nSPS) is 22.4. The summed E-state index contributed by atoms with van der Waals surface area (Å²) in [6, 6.07) is 3.64. The Balaban J connectivity index is 2.19. The molecule has 0 unspecified atom stereocenters. The molecule has 6 nitrogen and oxygen atoms in total. The van der Waals surface area contributed by atoms with Gasteiger partial charge in [0.25, 0.3) is 11.8 Å². The van der Waals surface area contributed by atoms with Gasteiger partial charge in [-0.15, -0.1) is 0 Å². The molecule has 1 aromatic heterocycles. The molecular weight excluding hydrogens is 258 g/mol. The molecule has 1 aliphatic heterocycles. The topological polar surface area (TPSA) is 71.5 Å². The second-order valence-electron chi connectivity index (χ2n) is 5.05.